The van der Waals surface area contributed by atoms with Crippen molar-refractivity contribution in [1.29, 1.82) is 0 Å². The van der Waals surface area contributed by atoms with E-state index in [1.165, 1.54) is 16.5 Å². The summed E-state index contributed by atoms with van der Waals surface area (Å²) in [6.45, 7) is 5.48. The number of benzene rings is 2. The fourth-order valence-electron chi connectivity index (χ4n) is 4.50. The van der Waals surface area contributed by atoms with E-state index >= 15 is 0 Å². The molecule has 3 aromatic rings. The highest BCUT2D eigenvalue weighted by Gasteiger charge is 2.32. The summed E-state index contributed by atoms with van der Waals surface area (Å²) >= 11 is 0. The van der Waals surface area contributed by atoms with Gasteiger partial charge >= 0.3 is 0 Å². The third-order valence-electron chi connectivity index (χ3n) is 6.17. The van der Waals surface area contributed by atoms with E-state index in [1.54, 1.807) is 6.07 Å². The lowest BCUT2D eigenvalue weighted by Gasteiger charge is -2.35. The summed E-state index contributed by atoms with van der Waals surface area (Å²) in [6, 6.07) is 17.3. The van der Waals surface area contributed by atoms with Crippen LogP contribution in [0.25, 0.3) is 10.9 Å². The van der Waals surface area contributed by atoms with Crippen molar-refractivity contribution in [3.63, 3.8) is 0 Å². The Morgan fingerprint density at radius 3 is 2.40 bits per heavy atom. The molecule has 1 unspecified atom stereocenters. The van der Waals surface area contributed by atoms with Gasteiger partial charge in [0.1, 0.15) is 6.04 Å². The number of aromatic nitrogens is 2. The van der Waals surface area contributed by atoms with Crippen LogP contribution in [-0.4, -0.2) is 33.4 Å². The molecular formula is C25H29N3O2. The van der Waals surface area contributed by atoms with E-state index in [0.29, 0.717) is 16.8 Å². The largest absolute Gasteiger partial charge is 0.341 e. The van der Waals surface area contributed by atoms with E-state index in [-0.39, 0.29) is 17.4 Å². The van der Waals surface area contributed by atoms with Crippen molar-refractivity contribution >= 4 is 16.8 Å². The van der Waals surface area contributed by atoms with Crippen molar-refractivity contribution in [3.05, 3.63) is 76.8 Å². The molecule has 0 spiro atoms. The monoisotopic (exact) mass is 403 g/mol. The molecule has 4 rings (SSSR count). The number of nitrogens with zero attached hydrogens (tertiary/aromatic N) is 3. The van der Waals surface area contributed by atoms with Crippen LogP contribution in [0.2, 0.25) is 0 Å². The van der Waals surface area contributed by atoms with Crippen LogP contribution >= 0.6 is 0 Å². The fourth-order valence-corrected chi connectivity index (χ4v) is 4.50. The van der Waals surface area contributed by atoms with Crippen LogP contribution in [0.15, 0.2) is 65.7 Å². The van der Waals surface area contributed by atoms with Gasteiger partial charge in [0.15, 0.2) is 0 Å². The van der Waals surface area contributed by atoms with E-state index in [0.717, 1.165) is 32.4 Å². The Kier molecular flexibility index (Phi) is 5.98. The lowest BCUT2D eigenvalue weighted by Crippen LogP contribution is -2.46. The molecule has 2 heterocycles. The van der Waals surface area contributed by atoms with Gasteiger partial charge in [0.2, 0.25) is 5.91 Å². The van der Waals surface area contributed by atoms with Gasteiger partial charge < -0.3 is 4.90 Å². The van der Waals surface area contributed by atoms with Gasteiger partial charge in [0.05, 0.1) is 17.2 Å². The van der Waals surface area contributed by atoms with E-state index in [2.05, 4.69) is 29.2 Å². The Hall–Kier alpha value is -2.95. The minimum atomic E-state index is -0.528. The van der Waals surface area contributed by atoms with Gasteiger partial charge in [0.25, 0.3) is 5.56 Å². The number of hydrogen-bond donors (Lipinski definition) is 0. The van der Waals surface area contributed by atoms with Crippen LogP contribution in [0.3, 0.4) is 0 Å². The van der Waals surface area contributed by atoms with Gasteiger partial charge in [-0.2, -0.15) is 0 Å². The van der Waals surface area contributed by atoms with Crippen LogP contribution < -0.4 is 5.56 Å². The standard InChI is InChI=1S/C25H29N3O2/c1-18(2)23(28-17-26-22-11-7-6-10-21(22)24(28)29)25(30)27-14-12-20(13-15-27)16-19-8-4-3-5-9-19/h3-11,17-18,20,23H,12-16H2,1-2H3. The minimum Gasteiger partial charge on any atom is -0.341 e. The molecule has 1 atom stereocenters. The first kappa shape index (κ1) is 20.3. The highest BCUT2D eigenvalue weighted by Crippen LogP contribution is 2.26. The van der Waals surface area contributed by atoms with Gasteiger partial charge in [-0.3, -0.25) is 14.2 Å². The molecule has 1 aliphatic heterocycles. The van der Waals surface area contributed by atoms with Crippen LogP contribution in [0, 0.1) is 11.8 Å². The summed E-state index contributed by atoms with van der Waals surface area (Å²) in [4.78, 5) is 32.9. The molecule has 1 amide bonds. The molecule has 1 saturated heterocycles. The van der Waals surface area contributed by atoms with E-state index in [4.69, 9.17) is 0 Å². The van der Waals surface area contributed by atoms with Crippen LogP contribution in [-0.2, 0) is 11.2 Å². The highest BCUT2D eigenvalue weighted by molar-refractivity contribution is 5.82. The summed E-state index contributed by atoms with van der Waals surface area (Å²) in [5, 5.41) is 0.556. The maximum atomic E-state index is 13.4. The van der Waals surface area contributed by atoms with Gasteiger partial charge in [0, 0.05) is 13.1 Å². The van der Waals surface area contributed by atoms with E-state index in [9.17, 15) is 9.59 Å². The lowest BCUT2D eigenvalue weighted by molar-refractivity contribution is -0.137. The van der Waals surface area contributed by atoms with Gasteiger partial charge in [-0.1, -0.05) is 56.3 Å². The number of hydrogen-bond acceptors (Lipinski definition) is 3. The molecule has 1 aliphatic rings. The predicted octanol–water partition coefficient (Wildman–Crippen LogP) is 4.07. The molecule has 5 nitrogen and oxygen atoms in total. The van der Waals surface area contributed by atoms with Gasteiger partial charge in [-0.25, -0.2) is 4.98 Å². The SMILES string of the molecule is CC(C)C(C(=O)N1CCC(Cc2ccccc2)CC1)n1cnc2ccccc2c1=O. The molecule has 0 radical (unpaired) electrons. The number of amides is 1. The average molecular weight is 404 g/mol. The maximum Gasteiger partial charge on any atom is 0.261 e. The molecule has 1 aromatic heterocycles. The summed E-state index contributed by atoms with van der Waals surface area (Å²) in [5.41, 5.74) is 1.87. The highest BCUT2D eigenvalue weighted by atomic mass is 16.2. The summed E-state index contributed by atoms with van der Waals surface area (Å²) in [5.74, 6) is 0.626. The number of carbonyl (C=O) groups is 1. The minimum absolute atomic E-state index is 0.000189. The summed E-state index contributed by atoms with van der Waals surface area (Å²) < 4.78 is 1.53. The molecule has 1 fully saturated rings. The smallest absolute Gasteiger partial charge is 0.261 e. The van der Waals surface area contributed by atoms with Crippen molar-refractivity contribution in [2.75, 3.05) is 13.1 Å². The number of piperidine rings is 1. The lowest BCUT2D eigenvalue weighted by atomic mass is 9.89. The Morgan fingerprint density at radius 2 is 1.70 bits per heavy atom. The third-order valence-corrected chi connectivity index (χ3v) is 6.17. The normalized spacial score (nSPS) is 16.2. The van der Waals surface area contributed by atoms with Crippen molar-refractivity contribution in [2.24, 2.45) is 11.8 Å². The topological polar surface area (TPSA) is 55.2 Å². The van der Waals surface area contributed by atoms with Crippen molar-refractivity contribution < 1.29 is 4.79 Å². The number of carbonyl (C=O) groups excluding carboxylic acids is 1. The second-order valence-electron chi connectivity index (χ2n) is 8.62. The molecular weight excluding hydrogens is 374 g/mol. The Bertz CT molecular complexity index is 1070. The Balaban J connectivity index is 1.50. The number of rotatable bonds is 5. The second kappa shape index (κ2) is 8.82. The van der Waals surface area contributed by atoms with Crippen LogP contribution in [0.4, 0.5) is 0 Å². The zero-order valence-electron chi connectivity index (χ0n) is 17.7. The number of fused-ring (bicyclic) bond motifs is 1. The zero-order valence-corrected chi connectivity index (χ0v) is 17.7. The zero-order chi connectivity index (χ0) is 21.1. The number of para-hydroxylation sites is 1. The molecule has 0 aliphatic carbocycles. The van der Waals surface area contributed by atoms with Crippen molar-refractivity contribution in [1.82, 2.24) is 14.5 Å². The summed E-state index contributed by atoms with van der Waals surface area (Å²) in [7, 11) is 0. The molecule has 0 bridgehead atoms. The fraction of sp³-hybridized carbons (Fsp3) is 0.400. The molecule has 5 heteroatoms. The number of likely N-dealkylation sites (tertiary alicyclic amines) is 1. The first-order valence-electron chi connectivity index (χ1n) is 10.8. The Labute approximate surface area is 177 Å². The average Bonchev–Trinajstić information content (AvgIpc) is 2.76. The van der Waals surface area contributed by atoms with Crippen molar-refractivity contribution in [2.45, 2.75) is 39.2 Å². The summed E-state index contributed by atoms with van der Waals surface area (Å²) in [6.07, 6.45) is 4.59. The second-order valence-corrected chi connectivity index (χ2v) is 8.62. The molecule has 30 heavy (non-hydrogen) atoms. The van der Waals surface area contributed by atoms with E-state index < -0.39 is 6.04 Å². The van der Waals surface area contributed by atoms with Gasteiger partial charge in [-0.05, 0) is 48.8 Å². The van der Waals surface area contributed by atoms with Crippen LogP contribution in [0.5, 0.6) is 0 Å². The Morgan fingerprint density at radius 1 is 1.03 bits per heavy atom. The molecule has 156 valence electrons. The van der Waals surface area contributed by atoms with Gasteiger partial charge in [-0.15, -0.1) is 0 Å². The maximum absolute atomic E-state index is 13.4. The molecule has 0 saturated carbocycles. The molecule has 2 aromatic carbocycles. The van der Waals surface area contributed by atoms with Crippen molar-refractivity contribution in [3.8, 4) is 0 Å². The van der Waals surface area contributed by atoms with E-state index in [1.807, 2.05) is 43.0 Å². The van der Waals surface area contributed by atoms with Crippen LogP contribution in [0.1, 0.15) is 38.3 Å². The third kappa shape index (κ3) is 4.16. The molecule has 0 N–H and O–H groups in total. The first-order valence-corrected chi connectivity index (χ1v) is 10.8. The quantitative estimate of drug-likeness (QED) is 0.645. The predicted molar refractivity (Wildman–Crippen MR) is 119 cm³/mol. The first-order chi connectivity index (χ1) is 14.5.